The molecule has 0 radical (unpaired) electrons. The highest BCUT2D eigenvalue weighted by Crippen LogP contribution is 2.67. The Morgan fingerprint density at radius 3 is 2.26 bits per heavy atom. The molecule has 27 heavy (non-hydrogen) atoms. The summed E-state index contributed by atoms with van der Waals surface area (Å²) in [5.74, 6) is 1.32. The minimum Gasteiger partial charge on any atom is -0.501 e. The second-order valence-electron chi connectivity index (χ2n) is 7.61. The molecule has 2 aliphatic rings. The molecule has 2 aromatic carbocycles. The lowest BCUT2D eigenvalue weighted by molar-refractivity contribution is -0.118. The second kappa shape index (κ2) is 6.73. The Balaban J connectivity index is 1.60. The smallest absolute Gasteiger partial charge is 0.248 e. The van der Waals surface area contributed by atoms with Crippen LogP contribution in [-0.2, 0) is 14.9 Å². The van der Waals surface area contributed by atoms with E-state index in [1.54, 1.807) is 7.11 Å². The first-order chi connectivity index (χ1) is 13.1. The fraction of sp³-hybridized carbons (Fsp3) is 0.292. The molecular formula is C24H25NO2. The number of benzene rings is 2. The van der Waals surface area contributed by atoms with Gasteiger partial charge in [0.25, 0.3) is 0 Å². The quantitative estimate of drug-likeness (QED) is 0.851. The number of ether oxygens (including phenoxy) is 1. The summed E-state index contributed by atoms with van der Waals surface area (Å²) in [5, 5.41) is 3.17. The van der Waals surface area contributed by atoms with Crippen molar-refractivity contribution < 1.29 is 9.53 Å². The number of methoxy groups -OCH3 is 1. The fourth-order valence-corrected chi connectivity index (χ4v) is 4.53. The number of fused-ring (bicyclic) bond motifs is 1. The molecule has 2 aromatic rings. The van der Waals surface area contributed by atoms with Crippen molar-refractivity contribution in [3.05, 3.63) is 95.3 Å². The van der Waals surface area contributed by atoms with Gasteiger partial charge in [-0.15, -0.1) is 0 Å². The molecular weight excluding hydrogens is 334 g/mol. The van der Waals surface area contributed by atoms with Crippen molar-refractivity contribution in [1.82, 2.24) is 5.32 Å². The van der Waals surface area contributed by atoms with Crippen molar-refractivity contribution >= 4 is 5.91 Å². The standard InChI is InChI=1S/C24H25NO2/c1-16(17-10-6-4-7-11-17)25-23(26)19-14-15-20(27-3)22-21(19)24(22,2)18-12-8-5-9-13-18/h4-16,21-22H,1-3H3,(H,25,26)/t16-,21-,22+,24+/m1/s1. The van der Waals surface area contributed by atoms with Crippen molar-refractivity contribution in [1.29, 1.82) is 0 Å². The topological polar surface area (TPSA) is 38.3 Å². The molecule has 0 unspecified atom stereocenters. The van der Waals surface area contributed by atoms with E-state index in [4.69, 9.17) is 4.74 Å². The molecule has 3 heteroatoms. The van der Waals surface area contributed by atoms with Gasteiger partial charge in [-0.25, -0.2) is 0 Å². The van der Waals surface area contributed by atoms with Crippen LogP contribution in [0.2, 0.25) is 0 Å². The number of nitrogens with one attached hydrogen (secondary N) is 1. The van der Waals surface area contributed by atoms with Crippen molar-refractivity contribution in [2.45, 2.75) is 25.3 Å². The number of amides is 1. The van der Waals surface area contributed by atoms with Gasteiger partial charge in [-0.2, -0.15) is 0 Å². The van der Waals surface area contributed by atoms with Crippen LogP contribution < -0.4 is 5.32 Å². The highest BCUT2D eigenvalue weighted by atomic mass is 16.5. The molecule has 0 bridgehead atoms. The number of hydrogen-bond donors (Lipinski definition) is 1. The predicted octanol–water partition coefficient (Wildman–Crippen LogP) is 4.54. The Hall–Kier alpha value is -2.81. The van der Waals surface area contributed by atoms with Crippen LogP contribution in [0.1, 0.15) is 31.0 Å². The molecule has 0 saturated heterocycles. The summed E-state index contributed by atoms with van der Waals surface area (Å²) < 4.78 is 5.63. The monoisotopic (exact) mass is 359 g/mol. The van der Waals surface area contributed by atoms with Gasteiger partial charge in [-0.05, 0) is 30.2 Å². The lowest BCUT2D eigenvalue weighted by Crippen LogP contribution is -2.30. The molecule has 3 nitrogen and oxygen atoms in total. The minimum absolute atomic E-state index is 0.00686. The first-order valence-electron chi connectivity index (χ1n) is 9.44. The largest absolute Gasteiger partial charge is 0.501 e. The third-order valence-corrected chi connectivity index (χ3v) is 6.13. The van der Waals surface area contributed by atoms with E-state index in [1.807, 2.05) is 55.5 Å². The maximum Gasteiger partial charge on any atom is 0.248 e. The summed E-state index contributed by atoms with van der Waals surface area (Å²) in [6.07, 6.45) is 3.89. The second-order valence-corrected chi connectivity index (χ2v) is 7.61. The van der Waals surface area contributed by atoms with Gasteiger partial charge in [-0.3, -0.25) is 4.79 Å². The van der Waals surface area contributed by atoms with Crippen LogP contribution in [0.25, 0.3) is 0 Å². The lowest BCUT2D eigenvalue weighted by atomic mass is 9.92. The van der Waals surface area contributed by atoms with E-state index in [1.165, 1.54) is 5.56 Å². The molecule has 138 valence electrons. The van der Waals surface area contributed by atoms with Gasteiger partial charge in [-0.1, -0.05) is 67.6 Å². The molecule has 1 N–H and O–H groups in total. The SMILES string of the molecule is COC1=CC=C(C(=O)N[C@H](C)c2ccccc2)[C@@H]2[C@H]1[C@@]2(C)c1ccccc1. The average molecular weight is 359 g/mol. The summed E-state index contributed by atoms with van der Waals surface area (Å²) in [4.78, 5) is 13.1. The Kier molecular flexibility index (Phi) is 4.39. The molecule has 1 fully saturated rings. The van der Waals surface area contributed by atoms with Crippen molar-refractivity contribution in [3.63, 3.8) is 0 Å². The number of carbonyl (C=O) groups excluding carboxylic acids is 1. The van der Waals surface area contributed by atoms with E-state index in [-0.39, 0.29) is 29.2 Å². The Morgan fingerprint density at radius 2 is 1.63 bits per heavy atom. The van der Waals surface area contributed by atoms with Crippen molar-refractivity contribution in [2.75, 3.05) is 7.11 Å². The predicted molar refractivity (Wildman–Crippen MR) is 107 cm³/mol. The summed E-state index contributed by atoms with van der Waals surface area (Å²) in [6.45, 7) is 4.26. The highest BCUT2D eigenvalue weighted by Gasteiger charge is 2.67. The summed E-state index contributed by atoms with van der Waals surface area (Å²) in [6, 6.07) is 20.5. The van der Waals surface area contributed by atoms with Crippen LogP contribution in [0.3, 0.4) is 0 Å². The van der Waals surface area contributed by atoms with E-state index >= 15 is 0 Å². The Morgan fingerprint density at radius 1 is 1.00 bits per heavy atom. The van der Waals surface area contributed by atoms with Crippen LogP contribution in [0, 0.1) is 11.8 Å². The van der Waals surface area contributed by atoms with E-state index in [2.05, 4.69) is 36.5 Å². The van der Waals surface area contributed by atoms with Crippen LogP contribution in [0.5, 0.6) is 0 Å². The van der Waals surface area contributed by atoms with E-state index in [0.29, 0.717) is 0 Å². The number of hydrogen-bond acceptors (Lipinski definition) is 2. The Labute approximate surface area is 160 Å². The molecule has 0 aliphatic heterocycles. The number of rotatable bonds is 5. The zero-order valence-corrected chi connectivity index (χ0v) is 16.0. The van der Waals surface area contributed by atoms with E-state index in [0.717, 1.165) is 16.9 Å². The van der Waals surface area contributed by atoms with Gasteiger partial charge in [0.05, 0.1) is 13.2 Å². The summed E-state index contributed by atoms with van der Waals surface area (Å²) in [7, 11) is 1.71. The Bertz CT molecular complexity index is 900. The van der Waals surface area contributed by atoms with Gasteiger partial charge in [0.15, 0.2) is 0 Å². The number of carbonyl (C=O) groups is 1. The normalized spacial score (nSPS) is 26.9. The zero-order chi connectivity index (χ0) is 19.0. The molecule has 2 aliphatic carbocycles. The fourth-order valence-electron chi connectivity index (χ4n) is 4.53. The first kappa shape index (κ1) is 17.6. The van der Waals surface area contributed by atoms with Crippen molar-refractivity contribution in [2.24, 2.45) is 11.8 Å². The maximum atomic E-state index is 13.1. The number of allylic oxidation sites excluding steroid dienone is 3. The van der Waals surface area contributed by atoms with E-state index in [9.17, 15) is 4.79 Å². The van der Waals surface area contributed by atoms with Crippen LogP contribution >= 0.6 is 0 Å². The molecule has 1 saturated carbocycles. The molecule has 0 spiro atoms. The zero-order valence-electron chi connectivity index (χ0n) is 16.0. The van der Waals surface area contributed by atoms with Gasteiger partial charge >= 0.3 is 0 Å². The van der Waals surface area contributed by atoms with Gasteiger partial charge < -0.3 is 10.1 Å². The third kappa shape index (κ3) is 2.87. The molecule has 4 atom stereocenters. The van der Waals surface area contributed by atoms with Gasteiger partial charge in [0.2, 0.25) is 5.91 Å². The van der Waals surface area contributed by atoms with Crippen LogP contribution in [0.15, 0.2) is 84.1 Å². The lowest BCUT2D eigenvalue weighted by Gasteiger charge is -2.18. The highest BCUT2D eigenvalue weighted by molar-refractivity contribution is 5.96. The third-order valence-electron chi connectivity index (χ3n) is 6.13. The van der Waals surface area contributed by atoms with Crippen molar-refractivity contribution in [3.8, 4) is 0 Å². The molecule has 4 rings (SSSR count). The molecule has 1 amide bonds. The van der Waals surface area contributed by atoms with Gasteiger partial charge in [0, 0.05) is 22.8 Å². The summed E-state index contributed by atoms with van der Waals surface area (Å²) in [5.41, 5.74) is 3.09. The molecule has 0 heterocycles. The van der Waals surface area contributed by atoms with Crippen LogP contribution in [0.4, 0.5) is 0 Å². The minimum atomic E-state index is -0.112. The van der Waals surface area contributed by atoms with Gasteiger partial charge in [0.1, 0.15) is 5.76 Å². The maximum absolute atomic E-state index is 13.1. The molecule has 0 aromatic heterocycles. The first-order valence-corrected chi connectivity index (χ1v) is 9.44. The van der Waals surface area contributed by atoms with Crippen LogP contribution in [-0.4, -0.2) is 13.0 Å². The average Bonchev–Trinajstić information content (AvgIpc) is 3.36. The summed E-state index contributed by atoms with van der Waals surface area (Å²) >= 11 is 0. The van der Waals surface area contributed by atoms with E-state index < -0.39 is 0 Å².